The lowest BCUT2D eigenvalue weighted by Crippen LogP contribution is -2.15. The first kappa shape index (κ1) is 20.6. The number of fused-ring (bicyclic) bond motifs is 1. The van der Waals surface area contributed by atoms with Crippen LogP contribution < -0.4 is 5.32 Å². The van der Waals surface area contributed by atoms with Gasteiger partial charge < -0.3 is 9.72 Å². The van der Waals surface area contributed by atoms with Gasteiger partial charge in [0.05, 0.1) is 17.8 Å². The Hall–Kier alpha value is -4.25. The van der Waals surface area contributed by atoms with Crippen LogP contribution in [-0.2, 0) is 11.2 Å². The minimum Gasteiger partial charge on any atom is -0.323 e. The summed E-state index contributed by atoms with van der Waals surface area (Å²) in [5.41, 5.74) is 7.22. The molecule has 2 aromatic heterocycles. The molecule has 3 aromatic carbocycles. The van der Waals surface area contributed by atoms with Crippen LogP contribution in [-0.4, -0.2) is 15.3 Å². The van der Waals surface area contributed by atoms with Gasteiger partial charge in [0.25, 0.3) is 0 Å². The van der Waals surface area contributed by atoms with Crippen LogP contribution in [0, 0.1) is 12.7 Å². The van der Waals surface area contributed by atoms with Crippen molar-refractivity contribution in [3.05, 3.63) is 114 Å². The van der Waals surface area contributed by atoms with E-state index >= 15 is 0 Å². The van der Waals surface area contributed by atoms with Crippen molar-refractivity contribution in [2.45, 2.75) is 13.3 Å². The Balaban J connectivity index is 1.41. The van der Waals surface area contributed by atoms with Crippen LogP contribution in [0.25, 0.3) is 28.0 Å². The molecule has 0 aliphatic rings. The molecule has 4 nitrogen and oxygen atoms in total. The fraction of sp³-hybridized carbons (Fsp3) is 0.0714. The number of aryl methyl sites for hydroxylation is 1. The van der Waals surface area contributed by atoms with E-state index in [0.29, 0.717) is 11.3 Å². The quantitative estimate of drug-likeness (QED) is 0.352. The molecule has 0 fully saturated rings. The largest absolute Gasteiger partial charge is 0.323 e. The monoisotopic (exact) mass is 435 g/mol. The van der Waals surface area contributed by atoms with Gasteiger partial charge in [-0.3, -0.25) is 4.79 Å². The molecule has 0 aliphatic carbocycles. The van der Waals surface area contributed by atoms with Gasteiger partial charge in [0.1, 0.15) is 5.82 Å². The summed E-state index contributed by atoms with van der Waals surface area (Å²) in [6, 6.07) is 26.4. The summed E-state index contributed by atoms with van der Waals surface area (Å²) in [7, 11) is 0. The summed E-state index contributed by atoms with van der Waals surface area (Å²) < 4.78 is 15.1. The molecule has 5 aromatic rings. The molecule has 0 aliphatic heterocycles. The van der Waals surface area contributed by atoms with E-state index in [0.717, 1.165) is 27.9 Å². The third-order valence-corrected chi connectivity index (χ3v) is 5.53. The Morgan fingerprint density at radius 2 is 1.55 bits per heavy atom. The van der Waals surface area contributed by atoms with Gasteiger partial charge in [-0.25, -0.2) is 9.37 Å². The highest BCUT2D eigenvalue weighted by atomic mass is 19.1. The minimum atomic E-state index is -0.318. The van der Waals surface area contributed by atoms with E-state index in [2.05, 4.69) is 41.7 Å². The zero-order valence-electron chi connectivity index (χ0n) is 18.1. The second kappa shape index (κ2) is 8.71. The fourth-order valence-corrected chi connectivity index (χ4v) is 3.92. The van der Waals surface area contributed by atoms with Gasteiger partial charge in [-0.1, -0.05) is 66.7 Å². The van der Waals surface area contributed by atoms with Gasteiger partial charge in [-0.2, -0.15) is 0 Å². The number of carbonyl (C=O) groups is 1. The summed E-state index contributed by atoms with van der Waals surface area (Å²) in [6.45, 7) is 1.98. The third-order valence-electron chi connectivity index (χ3n) is 5.53. The highest BCUT2D eigenvalue weighted by molar-refractivity contribution is 5.96. The summed E-state index contributed by atoms with van der Waals surface area (Å²) in [5.74, 6) is -0.493. The highest BCUT2D eigenvalue weighted by Crippen LogP contribution is 2.27. The van der Waals surface area contributed by atoms with Gasteiger partial charge in [-0.05, 0) is 47.4 Å². The molecule has 0 unspecified atom stereocenters. The van der Waals surface area contributed by atoms with E-state index in [-0.39, 0.29) is 18.1 Å². The molecule has 5 heteroatoms. The van der Waals surface area contributed by atoms with E-state index in [1.165, 1.54) is 17.7 Å². The van der Waals surface area contributed by atoms with Gasteiger partial charge in [-0.15, -0.1) is 0 Å². The number of halogens is 1. The van der Waals surface area contributed by atoms with Crippen molar-refractivity contribution in [1.29, 1.82) is 0 Å². The number of nitrogens with one attached hydrogen (secondary N) is 1. The molecule has 1 amide bonds. The zero-order valence-corrected chi connectivity index (χ0v) is 18.1. The zero-order chi connectivity index (χ0) is 22.8. The number of carbonyl (C=O) groups excluding carboxylic acids is 1. The first-order valence-corrected chi connectivity index (χ1v) is 10.7. The predicted octanol–water partition coefficient (Wildman–Crippen LogP) is 6.30. The van der Waals surface area contributed by atoms with E-state index in [9.17, 15) is 9.18 Å². The lowest BCUT2D eigenvalue weighted by atomic mass is 10.0. The molecule has 0 radical (unpaired) electrons. The van der Waals surface area contributed by atoms with Crippen LogP contribution in [0.5, 0.6) is 0 Å². The number of aromatic nitrogens is 2. The van der Waals surface area contributed by atoms with Crippen LogP contribution in [0.4, 0.5) is 10.1 Å². The minimum absolute atomic E-state index is 0.162. The van der Waals surface area contributed by atoms with Crippen molar-refractivity contribution in [2.75, 3.05) is 5.32 Å². The Labute approximate surface area is 191 Å². The van der Waals surface area contributed by atoms with Crippen molar-refractivity contribution in [3.8, 4) is 22.4 Å². The van der Waals surface area contributed by atoms with Gasteiger partial charge in [0, 0.05) is 18.0 Å². The average Bonchev–Trinajstić information content (AvgIpc) is 3.25. The number of hydrogen-bond acceptors (Lipinski definition) is 2. The maximum absolute atomic E-state index is 13.1. The molecule has 1 N–H and O–H groups in total. The van der Waals surface area contributed by atoms with Crippen molar-refractivity contribution >= 4 is 17.2 Å². The van der Waals surface area contributed by atoms with E-state index in [1.807, 2.05) is 48.0 Å². The number of amides is 1. The third kappa shape index (κ3) is 4.53. The molecule has 0 atom stereocenters. The molecule has 0 saturated heterocycles. The molecule has 0 spiro atoms. The molecule has 33 heavy (non-hydrogen) atoms. The SMILES string of the molecule is Cc1cc(NC(=O)Cc2ccc(F)cc2)c2nc(-c3ccc(-c4ccccc4)cc3)cn2c1. The Bertz CT molecular complexity index is 1420. The maximum atomic E-state index is 13.1. The van der Waals surface area contributed by atoms with Crippen LogP contribution in [0.1, 0.15) is 11.1 Å². The fourth-order valence-electron chi connectivity index (χ4n) is 3.92. The molecular weight excluding hydrogens is 413 g/mol. The number of nitrogens with zero attached hydrogens (tertiary/aromatic N) is 2. The Kier molecular flexibility index (Phi) is 5.45. The van der Waals surface area contributed by atoms with Crippen molar-refractivity contribution in [3.63, 3.8) is 0 Å². The van der Waals surface area contributed by atoms with Crippen molar-refractivity contribution in [2.24, 2.45) is 0 Å². The van der Waals surface area contributed by atoms with Gasteiger partial charge >= 0.3 is 0 Å². The van der Waals surface area contributed by atoms with E-state index < -0.39 is 0 Å². The lowest BCUT2D eigenvalue weighted by Gasteiger charge is -2.08. The summed E-state index contributed by atoms with van der Waals surface area (Å²) >= 11 is 0. The number of imidazole rings is 1. The van der Waals surface area contributed by atoms with Crippen LogP contribution in [0.15, 0.2) is 97.3 Å². The topological polar surface area (TPSA) is 46.4 Å². The number of hydrogen-bond donors (Lipinski definition) is 1. The molecule has 5 rings (SSSR count). The highest BCUT2D eigenvalue weighted by Gasteiger charge is 2.12. The first-order valence-electron chi connectivity index (χ1n) is 10.7. The van der Waals surface area contributed by atoms with Crippen molar-refractivity contribution < 1.29 is 9.18 Å². The van der Waals surface area contributed by atoms with Crippen molar-refractivity contribution in [1.82, 2.24) is 9.38 Å². The predicted molar refractivity (Wildman–Crippen MR) is 130 cm³/mol. The lowest BCUT2D eigenvalue weighted by molar-refractivity contribution is -0.115. The summed E-state index contributed by atoms with van der Waals surface area (Å²) in [6.07, 6.45) is 4.12. The van der Waals surface area contributed by atoms with Crippen LogP contribution in [0.3, 0.4) is 0 Å². The van der Waals surface area contributed by atoms with E-state index in [1.54, 1.807) is 12.1 Å². The number of anilines is 1. The Morgan fingerprint density at radius 3 is 2.27 bits per heavy atom. The second-order valence-corrected chi connectivity index (χ2v) is 8.08. The van der Waals surface area contributed by atoms with Crippen LogP contribution >= 0.6 is 0 Å². The van der Waals surface area contributed by atoms with Crippen LogP contribution in [0.2, 0.25) is 0 Å². The number of pyridine rings is 1. The van der Waals surface area contributed by atoms with Gasteiger partial charge in [0.15, 0.2) is 5.65 Å². The molecule has 162 valence electrons. The standard InChI is InChI=1S/C28H22FN3O/c1-19-15-25(30-27(33)16-20-7-13-24(29)14-8-20)28-31-26(18-32(28)17-19)23-11-9-22(10-12-23)21-5-3-2-4-6-21/h2-15,17-18H,16H2,1H3,(H,30,33). The van der Waals surface area contributed by atoms with E-state index in [4.69, 9.17) is 4.98 Å². The normalized spacial score (nSPS) is 11.0. The molecule has 0 saturated carbocycles. The molecule has 2 heterocycles. The average molecular weight is 436 g/mol. The maximum Gasteiger partial charge on any atom is 0.228 e. The number of benzene rings is 3. The Morgan fingerprint density at radius 1 is 0.879 bits per heavy atom. The smallest absolute Gasteiger partial charge is 0.228 e. The second-order valence-electron chi connectivity index (χ2n) is 8.08. The summed E-state index contributed by atoms with van der Waals surface area (Å²) in [4.78, 5) is 17.4. The molecular formula is C28H22FN3O. The van der Waals surface area contributed by atoms with Gasteiger partial charge in [0.2, 0.25) is 5.91 Å². The number of rotatable bonds is 5. The molecule has 0 bridgehead atoms. The summed E-state index contributed by atoms with van der Waals surface area (Å²) in [5, 5.41) is 2.97. The first-order chi connectivity index (χ1) is 16.0.